The summed E-state index contributed by atoms with van der Waals surface area (Å²) >= 11 is 0. The summed E-state index contributed by atoms with van der Waals surface area (Å²) in [5.74, 6) is 0.327. The Morgan fingerprint density at radius 1 is 1.50 bits per heavy atom. The monoisotopic (exact) mass is 225 g/mol. The number of likely N-dealkylation sites (tertiary alicyclic amines) is 1. The second-order valence-electron chi connectivity index (χ2n) is 6.21. The van der Waals surface area contributed by atoms with Crippen LogP contribution in [0.3, 0.4) is 0 Å². The number of hydrogen-bond donors (Lipinski definition) is 0. The Morgan fingerprint density at radius 3 is 2.56 bits per heavy atom. The third-order valence-corrected chi connectivity index (χ3v) is 3.41. The number of carbonyl (C=O) groups excluding carboxylic acids is 2. The summed E-state index contributed by atoms with van der Waals surface area (Å²) in [6.45, 7) is 8.80. The van der Waals surface area contributed by atoms with Crippen LogP contribution in [0.25, 0.3) is 0 Å². The van der Waals surface area contributed by atoms with Gasteiger partial charge in [-0.2, -0.15) is 0 Å². The van der Waals surface area contributed by atoms with Crippen LogP contribution in [0.2, 0.25) is 0 Å². The van der Waals surface area contributed by atoms with Gasteiger partial charge < -0.3 is 9.64 Å². The van der Waals surface area contributed by atoms with Crippen molar-refractivity contribution in [1.29, 1.82) is 0 Å². The molecule has 4 heteroatoms. The van der Waals surface area contributed by atoms with E-state index in [2.05, 4.69) is 6.92 Å². The SMILES string of the molecule is CC(C)(C)OC(=O)N1C[C@H]2C(=O)C[C@@]2(C)C1. The van der Waals surface area contributed by atoms with E-state index in [0.717, 1.165) is 0 Å². The number of ether oxygens (including phenoxy) is 1. The Bertz CT molecular complexity index is 345. The predicted octanol–water partition coefficient (Wildman–Crippen LogP) is 1.83. The number of carbonyl (C=O) groups is 2. The summed E-state index contributed by atoms with van der Waals surface area (Å²) in [6.07, 6.45) is 0.313. The maximum atomic E-state index is 11.8. The standard InChI is InChI=1S/C12H19NO3/c1-11(2,3)16-10(15)13-6-8-9(14)5-12(8,4)7-13/h8H,5-7H2,1-4H3/t8-,12-/m0/s1. The third-order valence-electron chi connectivity index (χ3n) is 3.41. The van der Waals surface area contributed by atoms with Crippen molar-refractivity contribution >= 4 is 11.9 Å². The summed E-state index contributed by atoms with van der Waals surface area (Å²) in [4.78, 5) is 24.9. The van der Waals surface area contributed by atoms with E-state index in [4.69, 9.17) is 4.74 Å². The van der Waals surface area contributed by atoms with E-state index in [0.29, 0.717) is 19.5 Å². The van der Waals surface area contributed by atoms with Crippen molar-refractivity contribution in [3.8, 4) is 0 Å². The third kappa shape index (κ3) is 1.81. The van der Waals surface area contributed by atoms with E-state index < -0.39 is 5.60 Å². The van der Waals surface area contributed by atoms with Gasteiger partial charge in [-0.05, 0) is 20.8 Å². The van der Waals surface area contributed by atoms with Gasteiger partial charge in [0.1, 0.15) is 11.4 Å². The van der Waals surface area contributed by atoms with Gasteiger partial charge in [0.25, 0.3) is 0 Å². The lowest BCUT2D eigenvalue weighted by atomic mass is 9.63. The molecule has 2 fully saturated rings. The molecule has 0 bridgehead atoms. The first-order valence-corrected chi connectivity index (χ1v) is 5.72. The van der Waals surface area contributed by atoms with Gasteiger partial charge in [0.05, 0.1) is 0 Å². The molecule has 0 radical (unpaired) electrons. The predicted molar refractivity (Wildman–Crippen MR) is 59.0 cm³/mol. The molecule has 1 heterocycles. The maximum absolute atomic E-state index is 11.8. The minimum atomic E-state index is -0.469. The van der Waals surface area contributed by atoms with Gasteiger partial charge in [-0.15, -0.1) is 0 Å². The van der Waals surface area contributed by atoms with Crippen molar-refractivity contribution in [3.63, 3.8) is 0 Å². The van der Waals surface area contributed by atoms with Gasteiger partial charge in [-0.1, -0.05) is 6.92 Å². The van der Waals surface area contributed by atoms with Crippen molar-refractivity contribution < 1.29 is 14.3 Å². The zero-order chi connectivity index (χ0) is 12.1. The summed E-state index contributed by atoms with van der Waals surface area (Å²) in [6, 6.07) is 0. The number of Topliss-reactive ketones (excluding diaryl/α,β-unsaturated/α-hetero) is 1. The molecule has 1 amide bonds. The van der Waals surface area contributed by atoms with E-state index in [1.165, 1.54) is 0 Å². The normalized spacial score (nSPS) is 33.4. The Labute approximate surface area is 95.9 Å². The molecule has 2 aliphatic rings. The molecule has 16 heavy (non-hydrogen) atoms. The lowest BCUT2D eigenvalue weighted by molar-refractivity contribution is -0.137. The van der Waals surface area contributed by atoms with Crippen LogP contribution in [0.15, 0.2) is 0 Å². The number of hydrogen-bond acceptors (Lipinski definition) is 3. The molecule has 4 nitrogen and oxygen atoms in total. The molecule has 0 aromatic heterocycles. The minimum Gasteiger partial charge on any atom is -0.444 e. The van der Waals surface area contributed by atoms with Crippen LogP contribution >= 0.6 is 0 Å². The maximum Gasteiger partial charge on any atom is 0.410 e. The molecule has 1 saturated heterocycles. The smallest absolute Gasteiger partial charge is 0.410 e. The molecule has 0 aromatic carbocycles. The fourth-order valence-corrected chi connectivity index (χ4v) is 2.58. The first-order valence-electron chi connectivity index (χ1n) is 5.72. The molecule has 1 saturated carbocycles. The average Bonchev–Trinajstić information content (AvgIpc) is 2.34. The highest BCUT2D eigenvalue weighted by Crippen LogP contribution is 2.49. The van der Waals surface area contributed by atoms with E-state index in [-0.39, 0.29) is 23.2 Å². The molecule has 1 aliphatic heterocycles. The molecule has 90 valence electrons. The van der Waals surface area contributed by atoms with Crippen molar-refractivity contribution in [2.45, 2.75) is 39.7 Å². The molecular formula is C12H19NO3. The lowest BCUT2D eigenvalue weighted by Crippen LogP contribution is -2.45. The van der Waals surface area contributed by atoms with Crippen LogP contribution in [0.5, 0.6) is 0 Å². The van der Waals surface area contributed by atoms with Crippen molar-refractivity contribution in [1.82, 2.24) is 4.90 Å². The van der Waals surface area contributed by atoms with Crippen LogP contribution < -0.4 is 0 Å². The Morgan fingerprint density at radius 2 is 2.12 bits per heavy atom. The Hall–Kier alpha value is -1.06. The van der Waals surface area contributed by atoms with E-state index in [1.54, 1.807) is 4.90 Å². The van der Waals surface area contributed by atoms with E-state index in [1.807, 2.05) is 20.8 Å². The highest BCUT2D eigenvalue weighted by Gasteiger charge is 2.57. The zero-order valence-corrected chi connectivity index (χ0v) is 10.4. The van der Waals surface area contributed by atoms with Crippen LogP contribution in [0.4, 0.5) is 4.79 Å². The molecule has 1 aliphatic carbocycles. The van der Waals surface area contributed by atoms with Gasteiger partial charge in [0, 0.05) is 30.8 Å². The summed E-state index contributed by atoms with van der Waals surface area (Å²) in [5.41, 5.74) is -0.461. The quantitative estimate of drug-likeness (QED) is 0.632. The lowest BCUT2D eigenvalue weighted by Gasteiger charge is -2.38. The number of fused-ring (bicyclic) bond motifs is 1. The Balaban J connectivity index is 1.99. The van der Waals surface area contributed by atoms with Crippen molar-refractivity contribution in [3.05, 3.63) is 0 Å². The first-order chi connectivity index (χ1) is 7.21. The number of ketones is 1. The molecule has 0 aromatic rings. The molecule has 0 spiro atoms. The minimum absolute atomic E-state index is 0.00792. The number of rotatable bonds is 0. The zero-order valence-electron chi connectivity index (χ0n) is 10.4. The number of amides is 1. The molecule has 2 rings (SSSR count). The summed E-state index contributed by atoms with van der Waals surface area (Å²) < 4.78 is 5.30. The molecule has 2 atom stereocenters. The molecular weight excluding hydrogens is 206 g/mol. The second kappa shape index (κ2) is 3.22. The highest BCUT2D eigenvalue weighted by molar-refractivity contribution is 5.90. The fraction of sp³-hybridized carbons (Fsp3) is 0.833. The van der Waals surface area contributed by atoms with Gasteiger partial charge in [0.15, 0.2) is 0 Å². The van der Waals surface area contributed by atoms with E-state index in [9.17, 15) is 9.59 Å². The fourth-order valence-electron chi connectivity index (χ4n) is 2.58. The van der Waals surface area contributed by atoms with Crippen LogP contribution in [0, 0.1) is 11.3 Å². The molecule has 0 unspecified atom stereocenters. The van der Waals surface area contributed by atoms with Crippen LogP contribution in [-0.2, 0) is 9.53 Å². The molecule has 0 N–H and O–H groups in total. The number of nitrogens with zero attached hydrogens (tertiary/aromatic N) is 1. The van der Waals surface area contributed by atoms with Crippen LogP contribution in [-0.4, -0.2) is 35.5 Å². The topological polar surface area (TPSA) is 46.6 Å². The van der Waals surface area contributed by atoms with Gasteiger partial charge in [-0.3, -0.25) is 4.79 Å². The first kappa shape index (κ1) is 11.4. The largest absolute Gasteiger partial charge is 0.444 e. The summed E-state index contributed by atoms with van der Waals surface area (Å²) in [5, 5.41) is 0. The average molecular weight is 225 g/mol. The van der Waals surface area contributed by atoms with Crippen molar-refractivity contribution in [2.75, 3.05) is 13.1 Å². The van der Waals surface area contributed by atoms with Crippen molar-refractivity contribution in [2.24, 2.45) is 11.3 Å². The highest BCUT2D eigenvalue weighted by atomic mass is 16.6. The van der Waals surface area contributed by atoms with Crippen LogP contribution in [0.1, 0.15) is 34.1 Å². The second-order valence-corrected chi connectivity index (χ2v) is 6.21. The van der Waals surface area contributed by atoms with Gasteiger partial charge in [-0.25, -0.2) is 4.79 Å². The summed E-state index contributed by atoms with van der Waals surface area (Å²) in [7, 11) is 0. The van der Waals surface area contributed by atoms with Gasteiger partial charge in [0.2, 0.25) is 0 Å². The Kier molecular flexibility index (Phi) is 2.30. The van der Waals surface area contributed by atoms with E-state index >= 15 is 0 Å². The van der Waals surface area contributed by atoms with Gasteiger partial charge >= 0.3 is 6.09 Å².